The van der Waals surface area contributed by atoms with E-state index < -0.39 is 26.6 Å². The van der Waals surface area contributed by atoms with Crippen molar-refractivity contribution in [2.24, 2.45) is 0 Å². The van der Waals surface area contributed by atoms with Crippen molar-refractivity contribution in [3.05, 3.63) is 58.6 Å². The summed E-state index contributed by atoms with van der Waals surface area (Å²) in [5, 5.41) is 0.406. The lowest BCUT2D eigenvalue weighted by Crippen LogP contribution is -2.27. The van der Waals surface area contributed by atoms with E-state index in [1.807, 2.05) is 0 Å². The van der Waals surface area contributed by atoms with Gasteiger partial charge in [-0.15, -0.1) is 0 Å². The fourth-order valence-electron chi connectivity index (χ4n) is 2.04. The van der Waals surface area contributed by atoms with E-state index in [0.29, 0.717) is 22.4 Å². The summed E-state index contributed by atoms with van der Waals surface area (Å²) in [5.74, 6) is -1.41. The van der Waals surface area contributed by atoms with Gasteiger partial charge < -0.3 is 4.74 Å². The molecule has 0 aromatic heterocycles. The molecule has 0 aliphatic carbocycles. The van der Waals surface area contributed by atoms with Crippen molar-refractivity contribution in [2.45, 2.75) is 11.4 Å². The molecule has 124 valence electrons. The third-order valence-corrected chi connectivity index (χ3v) is 5.27. The standard InChI is InChI=1S/C15H14ClF2NO3S/c1-19(9-10-7-11(16)3-6-14(10)22-2)23(20,21)15-8-12(17)4-5-13(15)18/h3-8H,9H2,1-2H3. The van der Waals surface area contributed by atoms with Gasteiger partial charge in [0.05, 0.1) is 7.11 Å². The van der Waals surface area contributed by atoms with Crippen LogP contribution in [0, 0.1) is 11.6 Å². The maximum absolute atomic E-state index is 13.8. The molecule has 0 saturated carbocycles. The van der Waals surface area contributed by atoms with Crippen molar-refractivity contribution in [2.75, 3.05) is 14.2 Å². The molecule has 23 heavy (non-hydrogen) atoms. The van der Waals surface area contributed by atoms with Crippen LogP contribution in [0.2, 0.25) is 5.02 Å². The molecule has 2 aromatic carbocycles. The number of hydrogen-bond acceptors (Lipinski definition) is 3. The van der Waals surface area contributed by atoms with Gasteiger partial charge >= 0.3 is 0 Å². The van der Waals surface area contributed by atoms with Crippen LogP contribution in [0.1, 0.15) is 5.56 Å². The van der Waals surface area contributed by atoms with E-state index in [4.69, 9.17) is 16.3 Å². The van der Waals surface area contributed by atoms with Gasteiger partial charge in [0.2, 0.25) is 10.0 Å². The van der Waals surface area contributed by atoms with Gasteiger partial charge in [0.25, 0.3) is 0 Å². The molecule has 0 spiro atoms. The second-order valence-electron chi connectivity index (χ2n) is 4.79. The fraction of sp³-hybridized carbons (Fsp3) is 0.200. The summed E-state index contributed by atoms with van der Waals surface area (Å²) < 4.78 is 57.9. The van der Waals surface area contributed by atoms with E-state index in [9.17, 15) is 17.2 Å². The van der Waals surface area contributed by atoms with Gasteiger partial charge in [0, 0.05) is 24.2 Å². The lowest BCUT2D eigenvalue weighted by atomic mass is 10.2. The first kappa shape index (κ1) is 17.7. The van der Waals surface area contributed by atoms with Gasteiger partial charge in [-0.05, 0) is 36.4 Å². The molecule has 0 fully saturated rings. The maximum atomic E-state index is 13.8. The van der Waals surface area contributed by atoms with Crippen molar-refractivity contribution >= 4 is 21.6 Å². The monoisotopic (exact) mass is 361 g/mol. The molecule has 0 bridgehead atoms. The molecule has 2 aromatic rings. The Morgan fingerprint density at radius 2 is 1.87 bits per heavy atom. The zero-order valence-corrected chi connectivity index (χ0v) is 14.0. The summed E-state index contributed by atoms with van der Waals surface area (Å²) in [6.07, 6.45) is 0. The Kier molecular flexibility index (Phi) is 5.23. The number of hydrogen-bond donors (Lipinski definition) is 0. The molecule has 2 rings (SSSR count). The van der Waals surface area contributed by atoms with E-state index in [1.165, 1.54) is 14.2 Å². The number of benzene rings is 2. The second-order valence-corrected chi connectivity index (χ2v) is 7.24. The summed E-state index contributed by atoms with van der Waals surface area (Å²) in [4.78, 5) is -0.721. The third kappa shape index (κ3) is 3.80. The fourth-order valence-corrected chi connectivity index (χ4v) is 3.45. The average Bonchev–Trinajstić information content (AvgIpc) is 2.49. The van der Waals surface area contributed by atoms with Gasteiger partial charge in [0.1, 0.15) is 22.3 Å². The van der Waals surface area contributed by atoms with Crippen LogP contribution in [0.4, 0.5) is 8.78 Å². The highest BCUT2D eigenvalue weighted by Gasteiger charge is 2.26. The Morgan fingerprint density at radius 1 is 1.17 bits per heavy atom. The zero-order valence-electron chi connectivity index (χ0n) is 12.4. The molecule has 0 radical (unpaired) electrons. The molecule has 4 nitrogen and oxygen atoms in total. The van der Waals surface area contributed by atoms with Gasteiger partial charge in [-0.3, -0.25) is 0 Å². The van der Waals surface area contributed by atoms with Gasteiger partial charge in [-0.2, -0.15) is 4.31 Å². The summed E-state index contributed by atoms with van der Waals surface area (Å²) in [6, 6.07) is 7.03. The largest absolute Gasteiger partial charge is 0.496 e. The lowest BCUT2D eigenvalue weighted by molar-refractivity contribution is 0.397. The van der Waals surface area contributed by atoms with Crippen molar-refractivity contribution in [3.8, 4) is 5.75 Å². The normalized spacial score (nSPS) is 11.7. The first-order valence-electron chi connectivity index (χ1n) is 6.49. The van der Waals surface area contributed by atoms with Crippen molar-refractivity contribution in [1.82, 2.24) is 4.31 Å². The van der Waals surface area contributed by atoms with Crippen molar-refractivity contribution in [1.29, 1.82) is 0 Å². The Morgan fingerprint density at radius 3 is 2.52 bits per heavy atom. The summed E-state index contributed by atoms with van der Waals surface area (Å²) in [7, 11) is -1.51. The van der Waals surface area contributed by atoms with Crippen LogP contribution < -0.4 is 4.74 Å². The molecule has 0 N–H and O–H groups in total. The van der Waals surface area contributed by atoms with E-state index >= 15 is 0 Å². The molecular formula is C15H14ClF2NO3S. The lowest BCUT2D eigenvalue weighted by Gasteiger charge is -2.19. The molecule has 0 aliphatic heterocycles. The zero-order chi connectivity index (χ0) is 17.2. The number of methoxy groups -OCH3 is 1. The minimum absolute atomic E-state index is 0.109. The molecule has 0 amide bonds. The van der Waals surface area contributed by atoms with Crippen LogP contribution in [0.3, 0.4) is 0 Å². The SMILES string of the molecule is COc1ccc(Cl)cc1CN(C)S(=O)(=O)c1cc(F)ccc1F. The maximum Gasteiger partial charge on any atom is 0.246 e. The van der Waals surface area contributed by atoms with Crippen LogP contribution in [-0.4, -0.2) is 26.9 Å². The van der Waals surface area contributed by atoms with Crippen LogP contribution in [-0.2, 0) is 16.6 Å². The summed E-state index contributed by atoms with van der Waals surface area (Å²) in [6.45, 7) is -0.109. The van der Waals surface area contributed by atoms with E-state index in [0.717, 1.165) is 16.4 Å². The van der Waals surface area contributed by atoms with Crippen LogP contribution in [0.5, 0.6) is 5.75 Å². The number of rotatable bonds is 5. The molecular weight excluding hydrogens is 348 g/mol. The van der Waals surface area contributed by atoms with Gasteiger partial charge in [-0.25, -0.2) is 17.2 Å². The van der Waals surface area contributed by atoms with E-state index in [-0.39, 0.29) is 6.54 Å². The third-order valence-electron chi connectivity index (χ3n) is 3.22. The Labute approximate surface area is 138 Å². The molecule has 0 saturated heterocycles. The van der Waals surface area contributed by atoms with Crippen molar-refractivity contribution < 1.29 is 21.9 Å². The minimum Gasteiger partial charge on any atom is -0.496 e. The molecule has 0 aliphatic rings. The predicted octanol–water partition coefficient (Wildman–Crippen LogP) is 3.45. The van der Waals surface area contributed by atoms with Crippen LogP contribution in [0.25, 0.3) is 0 Å². The Hall–Kier alpha value is -1.70. The predicted molar refractivity (Wildman–Crippen MR) is 83.0 cm³/mol. The van der Waals surface area contributed by atoms with Gasteiger partial charge in [-0.1, -0.05) is 11.6 Å². The minimum atomic E-state index is -4.21. The number of halogens is 3. The topological polar surface area (TPSA) is 46.6 Å². The summed E-state index contributed by atoms with van der Waals surface area (Å²) >= 11 is 5.90. The first-order chi connectivity index (χ1) is 10.8. The molecule has 0 unspecified atom stereocenters. The number of nitrogens with zero attached hydrogens (tertiary/aromatic N) is 1. The van der Waals surface area contributed by atoms with Crippen LogP contribution in [0.15, 0.2) is 41.3 Å². The Balaban J connectivity index is 2.38. The average molecular weight is 362 g/mol. The molecule has 8 heteroatoms. The smallest absolute Gasteiger partial charge is 0.246 e. The Bertz CT molecular complexity index is 827. The number of ether oxygens (including phenoxy) is 1. The molecule has 0 atom stereocenters. The quantitative estimate of drug-likeness (QED) is 0.819. The van der Waals surface area contributed by atoms with Crippen molar-refractivity contribution in [3.63, 3.8) is 0 Å². The highest BCUT2D eigenvalue weighted by atomic mass is 35.5. The summed E-state index contributed by atoms with van der Waals surface area (Å²) in [5.41, 5.74) is 0.503. The highest BCUT2D eigenvalue weighted by molar-refractivity contribution is 7.89. The van der Waals surface area contributed by atoms with Crippen LogP contribution >= 0.6 is 11.6 Å². The van der Waals surface area contributed by atoms with Gasteiger partial charge in [0.15, 0.2) is 0 Å². The second kappa shape index (κ2) is 6.82. The number of sulfonamides is 1. The van der Waals surface area contributed by atoms with E-state index in [1.54, 1.807) is 18.2 Å². The highest BCUT2D eigenvalue weighted by Crippen LogP contribution is 2.26. The van der Waals surface area contributed by atoms with E-state index in [2.05, 4.69) is 0 Å². The molecule has 0 heterocycles. The first-order valence-corrected chi connectivity index (χ1v) is 8.31.